The summed E-state index contributed by atoms with van der Waals surface area (Å²) in [6, 6.07) is 7.68. The van der Waals surface area contributed by atoms with E-state index in [0.717, 1.165) is 6.07 Å². The lowest BCUT2D eigenvalue weighted by Crippen LogP contribution is -2.35. The molecule has 0 radical (unpaired) electrons. The number of carbonyl (C=O) groups is 2. The lowest BCUT2D eigenvalue weighted by Gasteiger charge is -2.11. The van der Waals surface area contributed by atoms with Gasteiger partial charge in [0.2, 0.25) is 0 Å². The molecule has 1 aliphatic heterocycles. The smallest absolute Gasteiger partial charge is 0.274 e. The van der Waals surface area contributed by atoms with E-state index in [1.165, 1.54) is 36.5 Å². The van der Waals surface area contributed by atoms with Crippen LogP contribution in [0, 0.1) is 5.82 Å². The second-order valence-corrected chi connectivity index (χ2v) is 8.20. The third kappa shape index (κ3) is 4.42. The van der Waals surface area contributed by atoms with E-state index in [9.17, 15) is 22.4 Å². The Hall–Kier alpha value is -2.81. The molecule has 0 spiro atoms. The van der Waals surface area contributed by atoms with Gasteiger partial charge in [0, 0.05) is 23.5 Å². The topological polar surface area (TPSA) is 105 Å². The SMILES string of the molecule is O=C(NC1CCS(=O)(=O)C1)c1ccnc(C(=O)Nc2cccc(F)c2)c1. The van der Waals surface area contributed by atoms with Crippen LogP contribution in [0.4, 0.5) is 10.1 Å². The molecule has 0 bridgehead atoms. The molecule has 1 saturated heterocycles. The van der Waals surface area contributed by atoms with Gasteiger partial charge in [-0.1, -0.05) is 6.07 Å². The number of aromatic nitrogens is 1. The van der Waals surface area contributed by atoms with Crippen molar-refractivity contribution in [2.24, 2.45) is 0 Å². The minimum atomic E-state index is -3.10. The molecule has 7 nitrogen and oxygen atoms in total. The number of pyridine rings is 1. The van der Waals surface area contributed by atoms with Crippen molar-refractivity contribution in [2.75, 3.05) is 16.8 Å². The van der Waals surface area contributed by atoms with E-state index >= 15 is 0 Å². The fourth-order valence-corrected chi connectivity index (χ4v) is 4.31. The Kier molecular flexibility index (Phi) is 4.99. The molecule has 0 saturated carbocycles. The van der Waals surface area contributed by atoms with Gasteiger partial charge in [0.25, 0.3) is 11.8 Å². The van der Waals surface area contributed by atoms with Gasteiger partial charge in [-0.3, -0.25) is 14.6 Å². The van der Waals surface area contributed by atoms with Gasteiger partial charge in [-0.05, 0) is 36.8 Å². The third-order valence-corrected chi connectivity index (χ3v) is 5.67. The van der Waals surface area contributed by atoms with Gasteiger partial charge in [0.05, 0.1) is 11.5 Å². The summed E-state index contributed by atoms with van der Waals surface area (Å²) in [6.07, 6.45) is 1.67. The summed E-state index contributed by atoms with van der Waals surface area (Å²) >= 11 is 0. The van der Waals surface area contributed by atoms with Crippen LogP contribution in [0.25, 0.3) is 0 Å². The first-order chi connectivity index (χ1) is 12.3. The zero-order valence-electron chi connectivity index (χ0n) is 13.6. The number of nitrogens with one attached hydrogen (secondary N) is 2. The van der Waals surface area contributed by atoms with Crippen LogP contribution in [0.1, 0.15) is 27.3 Å². The number of sulfone groups is 1. The van der Waals surface area contributed by atoms with E-state index in [1.807, 2.05) is 0 Å². The van der Waals surface area contributed by atoms with Gasteiger partial charge in [-0.25, -0.2) is 12.8 Å². The first-order valence-electron chi connectivity index (χ1n) is 7.87. The summed E-state index contributed by atoms with van der Waals surface area (Å²) in [7, 11) is -3.10. The van der Waals surface area contributed by atoms with Gasteiger partial charge >= 0.3 is 0 Å². The predicted octanol–water partition coefficient (Wildman–Crippen LogP) is 1.39. The van der Waals surface area contributed by atoms with Gasteiger partial charge < -0.3 is 10.6 Å². The van der Waals surface area contributed by atoms with Gasteiger partial charge in [0.1, 0.15) is 11.5 Å². The van der Waals surface area contributed by atoms with Gasteiger partial charge in [0.15, 0.2) is 9.84 Å². The van der Waals surface area contributed by atoms with Crippen LogP contribution in [-0.4, -0.2) is 42.8 Å². The Balaban J connectivity index is 1.69. The molecule has 3 rings (SSSR count). The standard InChI is InChI=1S/C17H16FN3O4S/c18-12-2-1-3-13(9-12)20-17(23)15-8-11(4-6-19-15)16(22)21-14-5-7-26(24,25)10-14/h1-4,6,8-9,14H,5,7,10H2,(H,20,23)(H,21,22). The van der Waals surface area contributed by atoms with E-state index in [-0.39, 0.29) is 28.5 Å². The highest BCUT2D eigenvalue weighted by Gasteiger charge is 2.29. The third-order valence-electron chi connectivity index (χ3n) is 3.90. The summed E-state index contributed by atoms with van der Waals surface area (Å²) in [5, 5.41) is 5.14. The summed E-state index contributed by atoms with van der Waals surface area (Å²) < 4.78 is 36.1. The summed E-state index contributed by atoms with van der Waals surface area (Å²) in [5.41, 5.74) is 0.442. The number of hydrogen-bond acceptors (Lipinski definition) is 5. The Bertz CT molecular complexity index is 962. The zero-order chi connectivity index (χ0) is 18.7. The van der Waals surface area contributed by atoms with Crippen molar-refractivity contribution in [3.8, 4) is 0 Å². The fraction of sp³-hybridized carbons (Fsp3) is 0.235. The molecule has 2 N–H and O–H groups in total. The van der Waals surface area contributed by atoms with Crippen LogP contribution in [0.2, 0.25) is 0 Å². The highest BCUT2D eigenvalue weighted by Crippen LogP contribution is 2.14. The molecule has 2 amide bonds. The molecule has 1 aliphatic rings. The van der Waals surface area contributed by atoms with E-state index in [0.29, 0.717) is 6.42 Å². The average Bonchev–Trinajstić information content (AvgIpc) is 2.93. The van der Waals surface area contributed by atoms with Crippen LogP contribution >= 0.6 is 0 Å². The molecule has 136 valence electrons. The van der Waals surface area contributed by atoms with E-state index in [1.54, 1.807) is 0 Å². The molecule has 9 heteroatoms. The maximum Gasteiger partial charge on any atom is 0.274 e. The van der Waals surface area contributed by atoms with Crippen molar-refractivity contribution in [2.45, 2.75) is 12.5 Å². The van der Waals surface area contributed by atoms with Gasteiger partial charge in [-0.2, -0.15) is 0 Å². The lowest BCUT2D eigenvalue weighted by molar-refractivity contribution is 0.0941. The highest BCUT2D eigenvalue weighted by atomic mass is 32.2. The first kappa shape index (κ1) is 18.0. The molecular formula is C17H16FN3O4S. The number of amides is 2. The molecule has 1 aromatic heterocycles. The molecule has 2 heterocycles. The Morgan fingerprint density at radius 2 is 1.96 bits per heavy atom. The Morgan fingerprint density at radius 1 is 1.15 bits per heavy atom. The number of rotatable bonds is 4. The Labute approximate surface area is 149 Å². The first-order valence-corrected chi connectivity index (χ1v) is 9.69. The van der Waals surface area contributed by atoms with Gasteiger partial charge in [-0.15, -0.1) is 0 Å². The van der Waals surface area contributed by atoms with Crippen molar-refractivity contribution in [1.82, 2.24) is 10.3 Å². The van der Waals surface area contributed by atoms with E-state index < -0.39 is 33.5 Å². The molecule has 2 aromatic rings. The quantitative estimate of drug-likeness (QED) is 0.838. The minimum absolute atomic E-state index is 0.0130. The van der Waals surface area contributed by atoms with Crippen LogP contribution in [0.3, 0.4) is 0 Å². The number of benzene rings is 1. The van der Waals surface area contributed by atoms with Crippen molar-refractivity contribution >= 4 is 27.3 Å². The maximum atomic E-state index is 13.2. The zero-order valence-corrected chi connectivity index (χ0v) is 14.4. The van der Waals surface area contributed by atoms with E-state index in [2.05, 4.69) is 15.6 Å². The highest BCUT2D eigenvalue weighted by molar-refractivity contribution is 7.91. The van der Waals surface area contributed by atoms with E-state index in [4.69, 9.17) is 0 Å². The molecule has 1 unspecified atom stereocenters. The Morgan fingerprint density at radius 3 is 2.65 bits per heavy atom. The normalized spacial score (nSPS) is 18.3. The van der Waals surface area contributed by atoms with Crippen molar-refractivity contribution in [3.63, 3.8) is 0 Å². The van der Waals surface area contributed by atoms with Crippen LogP contribution < -0.4 is 10.6 Å². The summed E-state index contributed by atoms with van der Waals surface area (Å²) in [6.45, 7) is 0. The largest absolute Gasteiger partial charge is 0.348 e. The predicted molar refractivity (Wildman–Crippen MR) is 93.1 cm³/mol. The van der Waals surface area contributed by atoms with Crippen LogP contribution in [0.5, 0.6) is 0 Å². The molecule has 26 heavy (non-hydrogen) atoms. The van der Waals surface area contributed by atoms with Crippen molar-refractivity contribution in [1.29, 1.82) is 0 Å². The second-order valence-electron chi connectivity index (χ2n) is 5.97. The molecule has 1 fully saturated rings. The van der Waals surface area contributed by atoms with Crippen LogP contribution in [0.15, 0.2) is 42.6 Å². The second kappa shape index (κ2) is 7.20. The maximum absolute atomic E-state index is 13.2. The fourth-order valence-electron chi connectivity index (χ4n) is 2.63. The summed E-state index contributed by atoms with van der Waals surface area (Å²) in [4.78, 5) is 28.4. The lowest BCUT2D eigenvalue weighted by atomic mass is 10.2. The summed E-state index contributed by atoms with van der Waals surface area (Å²) in [5.74, 6) is -1.59. The molecule has 1 atom stereocenters. The molecule has 0 aliphatic carbocycles. The number of anilines is 1. The van der Waals surface area contributed by atoms with Crippen molar-refractivity contribution in [3.05, 3.63) is 59.7 Å². The number of halogens is 1. The number of carbonyl (C=O) groups excluding carboxylic acids is 2. The van der Waals surface area contributed by atoms with Crippen molar-refractivity contribution < 1.29 is 22.4 Å². The number of nitrogens with zero attached hydrogens (tertiary/aromatic N) is 1. The number of hydrogen-bond donors (Lipinski definition) is 2. The molecule has 1 aromatic carbocycles. The molecular weight excluding hydrogens is 361 g/mol. The van der Waals surface area contributed by atoms with Crippen LogP contribution in [-0.2, 0) is 9.84 Å². The minimum Gasteiger partial charge on any atom is -0.348 e. The average molecular weight is 377 g/mol. The monoisotopic (exact) mass is 377 g/mol.